The van der Waals surface area contributed by atoms with Gasteiger partial charge in [0.25, 0.3) is 5.82 Å². The Morgan fingerprint density at radius 1 is 1.40 bits per heavy atom. The van der Waals surface area contributed by atoms with Crippen molar-refractivity contribution in [3.8, 4) is 11.8 Å². The summed E-state index contributed by atoms with van der Waals surface area (Å²) in [5.41, 5.74) is 1.10. The highest BCUT2D eigenvalue weighted by molar-refractivity contribution is 5.35. The Kier molecular flexibility index (Phi) is 3.81. The predicted octanol–water partition coefficient (Wildman–Crippen LogP) is 2.17. The third-order valence-corrected chi connectivity index (χ3v) is 2.67. The van der Waals surface area contributed by atoms with Gasteiger partial charge >= 0.3 is 0 Å². The van der Waals surface area contributed by atoms with E-state index in [1.165, 1.54) is 17.1 Å². The van der Waals surface area contributed by atoms with Gasteiger partial charge in [-0.1, -0.05) is 6.07 Å². The van der Waals surface area contributed by atoms with Gasteiger partial charge in [0.1, 0.15) is 23.9 Å². The van der Waals surface area contributed by atoms with Crippen LogP contribution in [0.5, 0.6) is 0 Å². The van der Waals surface area contributed by atoms with Crippen molar-refractivity contribution >= 4 is 0 Å². The Hall–Kier alpha value is -2.26. The minimum Gasteiger partial charge on any atom is -0.308 e. The number of hydrogen-bond acceptors (Lipinski definition) is 4. The fourth-order valence-electron chi connectivity index (χ4n) is 1.64. The first-order chi connectivity index (χ1) is 9.39. The zero-order valence-electron chi connectivity index (χ0n) is 11.7. The first-order valence-electron chi connectivity index (χ1n) is 6.24. The van der Waals surface area contributed by atoms with E-state index in [0.717, 1.165) is 5.56 Å². The van der Waals surface area contributed by atoms with Gasteiger partial charge in [-0.05, 0) is 38.5 Å². The molecule has 0 saturated heterocycles. The van der Waals surface area contributed by atoms with Gasteiger partial charge < -0.3 is 5.32 Å². The van der Waals surface area contributed by atoms with Crippen LogP contribution in [0.25, 0.3) is 5.69 Å². The molecule has 0 radical (unpaired) electrons. The van der Waals surface area contributed by atoms with E-state index in [1.54, 1.807) is 6.07 Å². The Morgan fingerprint density at radius 3 is 2.70 bits per heavy atom. The zero-order chi connectivity index (χ0) is 14.8. The topological polar surface area (TPSA) is 66.5 Å². The summed E-state index contributed by atoms with van der Waals surface area (Å²) >= 11 is 0. The molecule has 2 aromatic rings. The second kappa shape index (κ2) is 5.39. The van der Waals surface area contributed by atoms with Crippen molar-refractivity contribution in [2.75, 3.05) is 0 Å². The predicted molar refractivity (Wildman–Crippen MR) is 72.6 cm³/mol. The van der Waals surface area contributed by atoms with Crippen LogP contribution in [0.15, 0.2) is 24.5 Å². The number of nitrogens with one attached hydrogen (secondary N) is 1. The summed E-state index contributed by atoms with van der Waals surface area (Å²) in [6.07, 6.45) is 1.32. The SMILES string of the molecule is CC(C)(C)NCc1ccc(-n2cnc(C#N)n2)c(F)c1. The van der Waals surface area contributed by atoms with E-state index in [9.17, 15) is 4.39 Å². The number of benzene rings is 1. The quantitative estimate of drug-likeness (QED) is 0.930. The maximum absolute atomic E-state index is 14.1. The molecule has 0 bridgehead atoms. The summed E-state index contributed by atoms with van der Waals surface area (Å²) in [5.74, 6) is -0.379. The van der Waals surface area contributed by atoms with Crippen molar-refractivity contribution < 1.29 is 4.39 Å². The lowest BCUT2D eigenvalue weighted by Crippen LogP contribution is -2.35. The summed E-state index contributed by atoms with van der Waals surface area (Å²) in [6.45, 7) is 6.74. The number of rotatable bonds is 3. The Balaban J connectivity index is 2.20. The summed E-state index contributed by atoms with van der Waals surface area (Å²) in [6, 6.07) is 6.72. The van der Waals surface area contributed by atoms with Crippen molar-refractivity contribution in [1.82, 2.24) is 20.1 Å². The van der Waals surface area contributed by atoms with Gasteiger partial charge in [0.15, 0.2) is 0 Å². The standard InChI is InChI=1S/C14H16FN5/c1-14(2,3)18-8-10-4-5-12(11(15)6-10)20-9-17-13(7-16)19-20/h4-6,9,18H,8H2,1-3H3. The molecular formula is C14H16FN5. The van der Waals surface area contributed by atoms with E-state index in [0.29, 0.717) is 6.54 Å². The number of hydrogen-bond donors (Lipinski definition) is 1. The van der Waals surface area contributed by atoms with E-state index in [1.807, 2.05) is 12.1 Å². The summed E-state index contributed by atoms with van der Waals surface area (Å²) in [5, 5.41) is 15.8. The molecule has 0 fully saturated rings. The molecule has 0 saturated carbocycles. The normalized spacial score (nSPS) is 11.3. The molecule has 0 atom stereocenters. The fraction of sp³-hybridized carbons (Fsp3) is 0.357. The second-order valence-electron chi connectivity index (χ2n) is 5.51. The second-order valence-corrected chi connectivity index (χ2v) is 5.51. The highest BCUT2D eigenvalue weighted by atomic mass is 19.1. The molecule has 6 heteroatoms. The van der Waals surface area contributed by atoms with Gasteiger partial charge in [0, 0.05) is 12.1 Å². The molecule has 1 aromatic heterocycles. The molecule has 0 amide bonds. The molecule has 0 aliphatic heterocycles. The first kappa shape index (κ1) is 14.2. The van der Waals surface area contributed by atoms with Gasteiger partial charge in [-0.25, -0.2) is 14.1 Å². The van der Waals surface area contributed by atoms with Crippen LogP contribution >= 0.6 is 0 Å². The van der Waals surface area contributed by atoms with E-state index >= 15 is 0 Å². The number of nitriles is 1. The van der Waals surface area contributed by atoms with E-state index < -0.39 is 5.82 Å². The van der Waals surface area contributed by atoms with Crippen LogP contribution in [0.4, 0.5) is 4.39 Å². The van der Waals surface area contributed by atoms with Crippen LogP contribution < -0.4 is 5.32 Å². The molecule has 0 unspecified atom stereocenters. The van der Waals surface area contributed by atoms with Gasteiger partial charge in [0.05, 0.1) is 0 Å². The third-order valence-electron chi connectivity index (χ3n) is 2.67. The molecule has 20 heavy (non-hydrogen) atoms. The van der Waals surface area contributed by atoms with Crippen LogP contribution in [0, 0.1) is 17.1 Å². The average molecular weight is 273 g/mol. The molecule has 0 spiro atoms. The Bertz CT molecular complexity index is 648. The van der Waals surface area contributed by atoms with E-state index in [4.69, 9.17) is 5.26 Å². The summed E-state index contributed by atoms with van der Waals surface area (Å²) in [7, 11) is 0. The monoisotopic (exact) mass is 273 g/mol. The van der Waals surface area contributed by atoms with Crippen molar-refractivity contribution in [2.24, 2.45) is 0 Å². The van der Waals surface area contributed by atoms with Crippen molar-refractivity contribution in [1.29, 1.82) is 5.26 Å². The van der Waals surface area contributed by atoms with Crippen LogP contribution in [-0.4, -0.2) is 20.3 Å². The molecule has 5 nitrogen and oxygen atoms in total. The van der Waals surface area contributed by atoms with Crippen LogP contribution in [0.3, 0.4) is 0 Å². The molecular weight excluding hydrogens is 257 g/mol. The minimum atomic E-state index is -0.396. The van der Waals surface area contributed by atoms with Crippen LogP contribution in [0.2, 0.25) is 0 Å². The molecule has 1 heterocycles. The van der Waals surface area contributed by atoms with E-state index in [2.05, 4.69) is 36.2 Å². The Labute approximate surface area is 117 Å². The lowest BCUT2D eigenvalue weighted by atomic mass is 10.1. The Morgan fingerprint density at radius 2 is 2.15 bits per heavy atom. The largest absolute Gasteiger partial charge is 0.308 e. The molecule has 0 aliphatic carbocycles. The van der Waals surface area contributed by atoms with Crippen molar-refractivity contribution in [3.63, 3.8) is 0 Å². The highest BCUT2D eigenvalue weighted by Gasteiger charge is 2.11. The number of halogens is 1. The maximum atomic E-state index is 14.1. The first-order valence-corrected chi connectivity index (χ1v) is 6.24. The molecule has 1 aromatic carbocycles. The fourth-order valence-corrected chi connectivity index (χ4v) is 1.64. The van der Waals surface area contributed by atoms with Crippen molar-refractivity contribution in [2.45, 2.75) is 32.9 Å². The van der Waals surface area contributed by atoms with Crippen molar-refractivity contribution in [3.05, 3.63) is 41.7 Å². The molecule has 104 valence electrons. The molecule has 1 N–H and O–H groups in total. The third kappa shape index (κ3) is 3.39. The maximum Gasteiger partial charge on any atom is 0.252 e. The lowest BCUT2D eigenvalue weighted by Gasteiger charge is -2.20. The zero-order valence-corrected chi connectivity index (χ0v) is 11.7. The summed E-state index contributed by atoms with van der Waals surface area (Å²) in [4.78, 5) is 3.75. The molecule has 2 rings (SSSR count). The van der Waals surface area contributed by atoms with E-state index in [-0.39, 0.29) is 17.1 Å². The molecule has 0 aliphatic rings. The minimum absolute atomic E-state index is 0.0166. The lowest BCUT2D eigenvalue weighted by molar-refractivity contribution is 0.423. The van der Waals surface area contributed by atoms with Gasteiger partial charge in [-0.3, -0.25) is 0 Å². The highest BCUT2D eigenvalue weighted by Crippen LogP contribution is 2.15. The van der Waals surface area contributed by atoms with Crippen LogP contribution in [-0.2, 0) is 6.54 Å². The smallest absolute Gasteiger partial charge is 0.252 e. The van der Waals surface area contributed by atoms with Crippen LogP contribution in [0.1, 0.15) is 32.2 Å². The average Bonchev–Trinajstić information content (AvgIpc) is 2.84. The number of aromatic nitrogens is 3. The van der Waals surface area contributed by atoms with Gasteiger partial charge in [-0.15, -0.1) is 5.10 Å². The number of nitrogens with zero attached hydrogens (tertiary/aromatic N) is 4. The summed E-state index contributed by atoms with van der Waals surface area (Å²) < 4.78 is 15.3. The van der Waals surface area contributed by atoms with Gasteiger partial charge in [-0.2, -0.15) is 5.26 Å². The van der Waals surface area contributed by atoms with Gasteiger partial charge in [0.2, 0.25) is 0 Å².